The van der Waals surface area contributed by atoms with E-state index in [1.165, 1.54) is 17.3 Å². The summed E-state index contributed by atoms with van der Waals surface area (Å²) in [5.41, 5.74) is 3.20. The molecule has 1 heterocycles. The zero-order chi connectivity index (χ0) is 21.5. The number of carbonyl (C=O) groups is 1. The molecule has 3 rings (SSSR count). The van der Waals surface area contributed by atoms with Crippen LogP contribution in [0.15, 0.2) is 53.7 Å². The maximum atomic E-state index is 12.4. The summed E-state index contributed by atoms with van der Waals surface area (Å²) in [5.74, 6) is 2.41. The van der Waals surface area contributed by atoms with E-state index in [0.717, 1.165) is 34.5 Å². The van der Waals surface area contributed by atoms with E-state index in [1.807, 2.05) is 48.5 Å². The van der Waals surface area contributed by atoms with Crippen LogP contribution in [-0.2, 0) is 17.8 Å². The van der Waals surface area contributed by atoms with Crippen molar-refractivity contribution in [2.24, 2.45) is 0 Å². The number of carbonyl (C=O) groups excluding carboxylic acids is 1. The van der Waals surface area contributed by atoms with Gasteiger partial charge >= 0.3 is 0 Å². The zero-order valence-electron chi connectivity index (χ0n) is 17.9. The maximum absolute atomic E-state index is 12.4. The van der Waals surface area contributed by atoms with Gasteiger partial charge in [0, 0.05) is 18.7 Å². The summed E-state index contributed by atoms with van der Waals surface area (Å²) in [6.45, 7) is 7.11. The van der Waals surface area contributed by atoms with E-state index in [-0.39, 0.29) is 11.7 Å². The Bertz CT molecular complexity index is 966. The molecule has 7 heteroatoms. The van der Waals surface area contributed by atoms with Gasteiger partial charge in [0.05, 0.1) is 12.9 Å². The Labute approximate surface area is 182 Å². The number of thioether (sulfide) groups is 1. The normalized spacial score (nSPS) is 11.0. The molecule has 0 bridgehead atoms. The van der Waals surface area contributed by atoms with E-state index in [0.29, 0.717) is 12.3 Å². The quantitative estimate of drug-likeness (QED) is 0.502. The summed E-state index contributed by atoms with van der Waals surface area (Å²) >= 11 is 1.40. The SMILES string of the molecule is CCn1c(Cc2ccc(OC)cc2)nnc1SCC(=O)Nc1ccc(C(C)C)cc1. The van der Waals surface area contributed by atoms with Crippen LogP contribution in [0, 0.1) is 0 Å². The minimum Gasteiger partial charge on any atom is -0.497 e. The highest BCUT2D eigenvalue weighted by atomic mass is 32.2. The van der Waals surface area contributed by atoms with Gasteiger partial charge in [0.2, 0.25) is 5.91 Å². The van der Waals surface area contributed by atoms with Crippen molar-refractivity contribution in [3.63, 3.8) is 0 Å². The standard InChI is InChI=1S/C23H28N4O2S/c1-5-27-21(14-17-6-12-20(29-4)13-7-17)25-26-23(27)30-15-22(28)24-19-10-8-18(9-11-19)16(2)3/h6-13,16H,5,14-15H2,1-4H3,(H,24,28). The van der Waals surface area contributed by atoms with Crippen molar-refractivity contribution in [3.05, 3.63) is 65.5 Å². The van der Waals surface area contributed by atoms with E-state index in [9.17, 15) is 4.79 Å². The van der Waals surface area contributed by atoms with Crippen LogP contribution in [0.4, 0.5) is 5.69 Å². The number of hydrogen-bond acceptors (Lipinski definition) is 5. The lowest BCUT2D eigenvalue weighted by Gasteiger charge is -2.09. The van der Waals surface area contributed by atoms with Crippen molar-refractivity contribution >= 4 is 23.4 Å². The molecule has 6 nitrogen and oxygen atoms in total. The van der Waals surface area contributed by atoms with Crippen molar-refractivity contribution in [1.82, 2.24) is 14.8 Å². The van der Waals surface area contributed by atoms with Gasteiger partial charge in [-0.2, -0.15) is 0 Å². The number of aromatic nitrogens is 3. The number of methoxy groups -OCH3 is 1. The van der Waals surface area contributed by atoms with Gasteiger partial charge in [-0.15, -0.1) is 10.2 Å². The minimum absolute atomic E-state index is 0.0559. The van der Waals surface area contributed by atoms with E-state index in [2.05, 4.69) is 40.9 Å². The second-order valence-corrected chi connectivity index (χ2v) is 8.22. The van der Waals surface area contributed by atoms with Crippen LogP contribution in [0.3, 0.4) is 0 Å². The van der Waals surface area contributed by atoms with Crippen molar-refractivity contribution < 1.29 is 9.53 Å². The van der Waals surface area contributed by atoms with Crippen molar-refractivity contribution in [2.75, 3.05) is 18.2 Å². The molecule has 0 saturated heterocycles. The monoisotopic (exact) mass is 424 g/mol. The first-order valence-corrected chi connectivity index (χ1v) is 11.1. The molecule has 158 valence electrons. The first-order chi connectivity index (χ1) is 14.5. The lowest BCUT2D eigenvalue weighted by molar-refractivity contribution is -0.113. The third kappa shape index (κ3) is 5.63. The lowest BCUT2D eigenvalue weighted by Crippen LogP contribution is -2.14. The number of benzene rings is 2. The Kier molecular flexibility index (Phi) is 7.52. The summed E-state index contributed by atoms with van der Waals surface area (Å²) in [6, 6.07) is 15.9. The summed E-state index contributed by atoms with van der Waals surface area (Å²) in [4.78, 5) is 12.4. The molecule has 0 aliphatic rings. The minimum atomic E-state index is -0.0559. The Morgan fingerprint density at radius 2 is 1.80 bits per heavy atom. The van der Waals surface area contributed by atoms with Gasteiger partial charge in [-0.25, -0.2) is 0 Å². The molecule has 0 saturated carbocycles. The van der Waals surface area contributed by atoms with Crippen LogP contribution in [0.1, 0.15) is 43.6 Å². The Morgan fingerprint density at radius 1 is 1.10 bits per heavy atom. The zero-order valence-corrected chi connectivity index (χ0v) is 18.7. The summed E-state index contributed by atoms with van der Waals surface area (Å²) in [5, 5.41) is 12.3. The molecule has 0 fully saturated rings. The third-order valence-corrected chi connectivity index (χ3v) is 5.79. The van der Waals surface area contributed by atoms with Crippen molar-refractivity contribution in [3.8, 4) is 5.75 Å². The molecule has 30 heavy (non-hydrogen) atoms. The molecule has 0 atom stereocenters. The smallest absolute Gasteiger partial charge is 0.234 e. The first kappa shape index (κ1) is 21.9. The fraction of sp³-hybridized carbons (Fsp3) is 0.348. The molecule has 2 aromatic carbocycles. The summed E-state index contributed by atoms with van der Waals surface area (Å²) in [7, 11) is 1.66. The summed E-state index contributed by atoms with van der Waals surface area (Å²) in [6.07, 6.45) is 0.680. The molecule has 0 aliphatic heterocycles. The molecule has 1 N–H and O–H groups in total. The molecular formula is C23H28N4O2S. The number of hydrogen-bond donors (Lipinski definition) is 1. The second-order valence-electron chi connectivity index (χ2n) is 7.28. The van der Waals surface area contributed by atoms with Crippen LogP contribution in [0.5, 0.6) is 5.75 Å². The second kappa shape index (κ2) is 10.3. The Morgan fingerprint density at radius 3 is 2.40 bits per heavy atom. The number of ether oxygens (including phenoxy) is 1. The van der Waals surface area contributed by atoms with Gasteiger partial charge in [0.1, 0.15) is 11.6 Å². The van der Waals surface area contributed by atoms with Crippen LogP contribution in [-0.4, -0.2) is 33.5 Å². The fourth-order valence-electron chi connectivity index (χ4n) is 3.08. The van der Waals surface area contributed by atoms with Gasteiger partial charge in [-0.1, -0.05) is 49.9 Å². The van der Waals surface area contributed by atoms with E-state index < -0.39 is 0 Å². The van der Waals surface area contributed by atoms with Gasteiger partial charge in [0.25, 0.3) is 0 Å². The van der Waals surface area contributed by atoms with Crippen LogP contribution >= 0.6 is 11.8 Å². The topological polar surface area (TPSA) is 69.0 Å². The Balaban J connectivity index is 1.58. The average molecular weight is 425 g/mol. The molecular weight excluding hydrogens is 396 g/mol. The fourth-order valence-corrected chi connectivity index (χ4v) is 3.90. The van der Waals surface area contributed by atoms with Gasteiger partial charge in [-0.05, 0) is 48.2 Å². The van der Waals surface area contributed by atoms with E-state index >= 15 is 0 Å². The predicted molar refractivity (Wildman–Crippen MR) is 121 cm³/mol. The van der Waals surface area contributed by atoms with Gasteiger partial charge in [-0.3, -0.25) is 4.79 Å². The van der Waals surface area contributed by atoms with Crippen LogP contribution < -0.4 is 10.1 Å². The first-order valence-electron chi connectivity index (χ1n) is 10.1. The number of rotatable bonds is 9. The largest absolute Gasteiger partial charge is 0.497 e. The molecule has 1 aromatic heterocycles. The number of amides is 1. The summed E-state index contributed by atoms with van der Waals surface area (Å²) < 4.78 is 7.26. The molecule has 0 radical (unpaired) electrons. The van der Waals surface area contributed by atoms with E-state index in [4.69, 9.17) is 4.74 Å². The van der Waals surface area contributed by atoms with Crippen LogP contribution in [0.25, 0.3) is 0 Å². The highest BCUT2D eigenvalue weighted by Gasteiger charge is 2.14. The highest BCUT2D eigenvalue weighted by Crippen LogP contribution is 2.21. The number of nitrogens with one attached hydrogen (secondary N) is 1. The molecule has 3 aromatic rings. The van der Waals surface area contributed by atoms with E-state index in [1.54, 1.807) is 7.11 Å². The Hall–Kier alpha value is -2.80. The molecule has 0 aliphatic carbocycles. The van der Waals surface area contributed by atoms with Gasteiger partial charge in [0.15, 0.2) is 5.16 Å². The lowest BCUT2D eigenvalue weighted by atomic mass is 10.0. The highest BCUT2D eigenvalue weighted by molar-refractivity contribution is 7.99. The molecule has 0 unspecified atom stereocenters. The number of anilines is 1. The van der Waals surface area contributed by atoms with Crippen LogP contribution in [0.2, 0.25) is 0 Å². The maximum Gasteiger partial charge on any atom is 0.234 e. The predicted octanol–water partition coefficient (Wildman–Crippen LogP) is 4.75. The molecule has 1 amide bonds. The molecule has 0 spiro atoms. The van der Waals surface area contributed by atoms with Crippen molar-refractivity contribution in [1.29, 1.82) is 0 Å². The van der Waals surface area contributed by atoms with Crippen molar-refractivity contribution in [2.45, 2.75) is 44.8 Å². The number of nitrogens with zero attached hydrogens (tertiary/aromatic N) is 3. The van der Waals surface area contributed by atoms with Gasteiger partial charge < -0.3 is 14.6 Å². The average Bonchev–Trinajstić information content (AvgIpc) is 3.14. The third-order valence-electron chi connectivity index (χ3n) is 4.82.